The number of carbonyl (C=O) groups is 1. The van der Waals surface area contributed by atoms with Crippen LogP contribution in [0.15, 0.2) is 37.1 Å². The lowest BCUT2D eigenvalue weighted by Gasteiger charge is -2.30. The summed E-state index contributed by atoms with van der Waals surface area (Å²) in [6, 6.07) is 6.96. The highest BCUT2D eigenvalue weighted by Gasteiger charge is 2.30. The minimum Gasteiger partial charge on any atom is -0.391 e. The lowest BCUT2D eigenvalue weighted by atomic mass is 9.88. The van der Waals surface area contributed by atoms with Crippen molar-refractivity contribution in [2.45, 2.75) is 65.0 Å². The van der Waals surface area contributed by atoms with Crippen molar-refractivity contribution in [3.8, 4) is 0 Å². The van der Waals surface area contributed by atoms with Crippen LogP contribution in [0.5, 0.6) is 0 Å². The summed E-state index contributed by atoms with van der Waals surface area (Å²) in [7, 11) is 4.00. The second kappa shape index (κ2) is 10.1. The lowest BCUT2D eigenvalue weighted by molar-refractivity contribution is -0.108. The lowest BCUT2D eigenvalue weighted by Crippen LogP contribution is -2.36. The van der Waals surface area contributed by atoms with E-state index < -0.39 is 0 Å². The molecule has 1 aliphatic carbocycles. The number of likely N-dealkylation sites (N-methyl/N-ethyl adjacent to an activating group) is 2. The van der Waals surface area contributed by atoms with Gasteiger partial charge in [-0.15, -0.1) is 0 Å². The van der Waals surface area contributed by atoms with E-state index in [0.717, 1.165) is 37.3 Å². The summed E-state index contributed by atoms with van der Waals surface area (Å²) in [6.07, 6.45) is 9.41. The van der Waals surface area contributed by atoms with Crippen molar-refractivity contribution in [2.24, 2.45) is 11.3 Å². The number of hydrogen-bond acceptors (Lipinski definition) is 3. The van der Waals surface area contributed by atoms with Crippen molar-refractivity contribution < 1.29 is 4.79 Å². The van der Waals surface area contributed by atoms with Gasteiger partial charge in [0, 0.05) is 31.8 Å². The number of carbonyl (C=O) groups excluding carboxylic acids is 1. The molecule has 1 aromatic carbocycles. The normalized spacial score (nSPS) is 19.4. The molecule has 0 radical (unpaired) electrons. The summed E-state index contributed by atoms with van der Waals surface area (Å²) in [5, 5.41) is 3.16. The first-order valence-corrected chi connectivity index (χ1v) is 10.5. The molecule has 0 spiro atoms. The van der Waals surface area contributed by atoms with Crippen LogP contribution >= 0.6 is 0 Å². The third-order valence-corrected chi connectivity index (χ3v) is 6.26. The van der Waals surface area contributed by atoms with Gasteiger partial charge < -0.3 is 10.1 Å². The molecule has 2 rings (SSSR count). The molecule has 2 unspecified atom stereocenters. The van der Waals surface area contributed by atoms with Gasteiger partial charge in [0.15, 0.2) is 0 Å². The predicted octanol–water partition coefficient (Wildman–Crippen LogP) is 5.21. The van der Waals surface area contributed by atoms with Gasteiger partial charge in [-0.25, -0.2) is 0 Å². The average molecular weight is 383 g/mol. The van der Waals surface area contributed by atoms with Crippen LogP contribution in [0.1, 0.15) is 62.6 Å². The number of nitrogens with zero attached hydrogens (tertiary/aromatic N) is 1. The monoisotopic (exact) mass is 382 g/mol. The molecule has 0 heterocycles. The van der Waals surface area contributed by atoms with Gasteiger partial charge in [0.1, 0.15) is 6.29 Å². The van der Waals surface area contributed by atoms with Gasteiger partial charge in [-0.2, -0.15) is 0 Å². The van der Waals surface area contributed by atoms with E-state index in [1.165, 1.54) is 36.0 Å². The van der Waals surface area contributed by atoms with Crippen molar-refractivity contribution >= 4 is 12.4 Å². The molecule has 0 amide bonds. The summed E-state index contributed by atoms with van der Waals surface area (Å²) in [4.78, 5) is 13.2. The highest BCUT2D eigenvalue weighted by atomic mass is 16.1. The molecule has 1 aromatic rings. The molecule has 3 nitrogen and oxygen atoms in total. The summed E-state index contributed by atoms with van der Waals surface area (Å²) in [5.41, 5.74) is 5.36. The summed E-state index contributed by atoms with van der Waals surface area (Å²) >= 11 is 0. The second-order valence-electron chi connectivity index (χ2n) is 9.16. The van der Waals surface area contributed by atoms with Crippen LogP contribution < -0.4 is 5.32 Å². The quantitative estimate of drug-likeness (QED) is 0.533. The van der Waals surface area contributed by atoms with Crippen LogP contribution in [-0.2, 0) is 17.8 Å². The van der Waals surface area contributed by atoms with E-state index >= 15 is 0 Å². The number of benzene rings is 1. The Hall–Kier alpha value is -1.87. The van der Waals surface area contributed by atoms with Crippen molar-refractivity contribution in [1.29, 1.82) is 0 Å². The molecule has 154 valence electrons. The molecular weight excluding hydrogens is 344 g/mol. The molecule has 1 saturated carbocycles. The fraction of sp³-hybridized carbons (Fsp3) is 0.560. The van der Waals surface area contributed by atoms with E-state index in [9.17, 15) is 4.79 Å². The fourth-order valence-electron chi connectivity index (χ4n) is 4.64. The third kappa shape index (κ3) is 6.07. The van der Waals surface area contributed by atoms with Gasteiger partial charge in [-0.05, 0) is 67.2 Å². The van der Waals surface area contributed by atoms with E-state index in [-0.39, 0.29) is 6.04 Å². The maximum absolute atomic E-state index is 10.9. The van der Waals surface area contributed by atoms with Crippen LogP contribution in [0.3, 0.4) is 0 Å². The Kier molecular flexibility index (Phi) is 8.06. The minimum absolute atomic E-state index is 0.132. The zero-order valence-corrected chi connectivity index (χ0v) is 18.3. The maximum atomic E-state index is 10.9. The molecule has 1 aliphatic rings. The number of nitrogens with one attached hydrogen (secondary N) is 1. The molecule has 2 atom stereocenters. The van der Waals surface area contributed by atoms with Crippen molar-refractivity contribution in [1.82, 2.24) is 10.2 Å². The maximum Gasteiger partial charge on any atom is 0.120 e. The molecule has 0 aliphatic heterocycles. The van der Waals surface area contributed by atoms with Crippen molar-refractivity contribution in [2.75, 3.05) is 14.1 Å². The van der Waals surface area contributed by atoms with Crippen molar-refractivity contribution in [3.63, 3.8) is 0 Å². The van der Waals surface area contributed by atoms with Crippen LogP contribution in [0.25, 0.3) is 6.08 Å². The van der Waals surface area contributed by atoms with E-state index in [2.05, 4.69) is 62.5 Å². The highest BCUT2D eigenvalue weighted by Crippen LogP contribution is 2.42. The van der Waals surface area contributed by atoms with Gasteiger partial charge in [-0.1, -0.05) is 51.3 Å². The molecule has 28 heavy (non-hydrogen) atoms. The summed E-state index contributed by atoms with van der Waals surface area (Å²) < 4.78 is 0. The van der Waals surface area contributed by atoms with Gasteiger partial charge in [0.25, 0.3) is 0 Å². The molecule has 0 bridgehead atoms. The number of hydrogen-bond donors (Lipinski definition) is 1. The Morgan fingerprint density at radius 1 is 1.43 bits per heavy atom. The molecular formula is C25H38N2O. The van der Waals surface area contributed by atoms with E-state index in [0.29, 0.717) is 11.8 Å². The van der Waals surface area contributed by atoms with Crippen LogP contribution in [0.4, 0.5) is 0 Å². The Morgan fingerprint density at radius 3 is 2.75 bits per heavy atom. The van der Waals surface area contributed by atoms with Crippen LogP contribution in [0.2, 0.25) is 0 Å². The van der Waals surface area contributed by atoms with Gasteiger partial charge >= 0.3 is 0 Å². The van der Waals surface area contributed by atoms with Crippen LogP contribution in [-0.4, -0.2) is 31.3 Å². The van der Waals surface area contributed by atoms with Crippen LogP contribution in [0, 0.1) is 11.3 Å². The van der Waals surface area contributed by atoms with Gasteiger partial charge in [0.2, 0.25) is 0 Å². The largest absolute Gasteiger partial charge is 0.391 e. The Balaban J connectivity index is 2.14. The molecule has 0 aromatic heterocycles. The third-order valence-electron chi connectivity index (χ3n) is 6.26. The Bertz CT molecular complexity index is 692. The topological polar surface area (TPSA) is 32.3 Å². The molecule has 1 fully saturated rings. The van der Waals surface area contributed by atoms with Gasteiger partial charge in [-0.3, -0.25) is 4.90 Å². The molecule has 3 heteroatoms. The first kappa shape index (κ1) is 22.4. The van der Waals surface area contributed by atoms with E-state index in [4.69, 9.17) is 0 Å². The SMILES string of the molecule is C=Cc1ccc(CC2CCC(C)(C)C2)cc1CN(C)C(CCC=O)C(=C)NC. The zero-order chi connectivity index (χ0) is 20.7. The van der Waals surface area contributed by atoms with E-state index in [1.54, 1.807) is 0 Å². The number of rotatable bonds is 11. The molecule has 0 saturated heterocycles. The fourth-order valence-corrected chi connectivity index (χ4v) is 4.64. The molecule has 1 N–H and O–H groups in total. The first-order valence-electron chi connectivity index (χ1n) is 10.5. The summed E-state index contributed by atoms with van der Waals surface area (Å²) in [5.74, 6) is 0.791. The number of aldehydes is 1. The second-order valence-corrected chi connectivity index (χ2v) is 9.16. The Morgan fingerprint density at radius 2 is 2.18 bits per heavy atom. The zero-order valence-electron chi connectivity index (χ0n) is 18.3. The predicted molar refractivity (Wildman–Crippen MR) is 120 cm³/mol. The minimum atomic E-state index is 0.132. The summed E-state index contributed by atoms with van der Waals surface area (Å²) in [6.45, 7) is 13.7. The first-order chi connectivity index (χ1) is 13.3. The smallest absolute Gasteiger partial charge is 0.120 e. The van der Waals surface area contributed by atoms with Crippen molar-refractivity contribution in [3.05, 3.63) is 53.7 Å². The highest BCUT2D eigenvalue weighted by molar-refractivity contribution is 5.53. The van der Waals surface area contributed by atoms with Gasteiger partial charge in [0.05, 0.1) is 0 Å². The average Bonchev–Trinajstić information content (AvgIpc) is 3.00. The Labute approximate surface area is 171 Å². The standard InChI is InChI=1S/C25H38N2O/c1-7-22-11-10-20(15-21-12-13-25(3,4)17-21)16-23(22)18-27(6)24(9-8-14-28)19(2)26-5/h7,10-11,14,16,21,24,26H,1-2,8-9,12-13,15,17-18H2,3-6H3. The van der Waals surface area contributed by atoms with E-state index in [1.807, 2.05) is 13.1 Å².